The van der Waals surface area contributed by atoms with Crippen LogP contribution in [0.4, 0.5) is 2.86 Å². The topological polar surface area (TPSA) is 0 Å². The molecule has 0 bridgehead atoms. The van der Waals surface area contributed by atoms with Crippen molar-refractivity contribution in [1.82, 2.24) is 0 Å². The minimum Gasteiger partial charge on any atom is -0.0619 e. The van der Waals surface area contributed by atoms with Gasteiger partial charge in [-0.2, -0.15) is 0 Å². The van der Waals surface area contributed by atoms with Gasteiger partial charge < -0.3 is 0 Å². The molecule has 0 unspecified atom stereocenters. The van der Waals surface area contributed by atoms with Crippen molar-refractivity contribution in [2.24, 2.45) is 0 Å². The first-order chi connectivity index (χ1) is 3.93. The molecule has 0 atom stereocenters. The minimum atomic E-state index is -1.19. The second-order valence-electron chi connectivity index (χ2n) is 1.37. The van der Waals surface area contributed by atoms with Gasteiger partial charge in [-0.1, -0.05) is 18.2 Å². The van der Waals surface area contributed by atoms with Crippen LogP contribution in [0.15, 0.2) is 30.3 Å². The zero-order chi connectivity index (χ0) is 5.82. The Labute approximate surface area is 58.8 Å². The van der Waals surface area contributed by atoms with Crippen molar-refractivity contribution in [3.63, 3.8) is 0 Å². The third-order valence-electron chi connectivity index (χ3n) is 0.816. The number of benzene rings is 1. The van der Waals surface area contributed by atoms with Crippen LogP contribution in [0.1, 0.15) is 0 Å². The Balaban J connectivity index is 2.83. The average molecular weight is 223 g/mol. The molecule has 0 radical (unpaired) electrons. The van der Waals surface area contributed by atoms with Crippen LogP contribution in [0, 0.1) is 3.57 Å². The zero-order valence-electron chi connectivity index (χ0n) is 4.14. The maximum absolute atomic E-state index is 11.8. The van der Waals surface area contributed by atoms with Crippen LogP contribution >= 0.6 is 0 Å². The fourth-order valence-corrected chi connectivity index (χ4v) is 1.15. The molecule has 1 aromatic carbocycles. The molecule has 0 saturated heterocycles. The van der Waals surface area contributed by atoms with E-state index in [0.29, 0.717) is 0 Å². The molecule has 0 heterocycles. The van der Waals surface area contributed by atoms with Gasteiger partial charge in [0.25, 0.3) is 0 Å². The fraction of sp³-hybridized carbons (Fsp3) is 0. The van der Waals surface area contributed by atoms with E-state index in [1.165, 1.54) is 0 Å². The van der Waals surface area contributed by atoms with Gasteiger partial charge in [0.05, 0.1) is 2.86 Å². The summed E-state index contributed by atoms with van der Waals surface area (Å²) in [6.07, 6.45) is 0. The molecule has 0 amide bonds. The van der Waals surface area contributed by atoms with Crippen molar-refractivity contribution in [3.8, 4) is 0 Å². The van der Waals surface area contributed by atoms with E-state index in [9.17, 15) is 2.86 Å². The summed E-state index contributed by atoms with van der Waals surface area (Å²) in [6.45, 7) is 0. The molecule has 0 fully saturated rings. The van der Waals surface area contributed by atoms with Gasteiger partial charge in [-0.05, 0) is 12.1 Å². The van der Waals surface area contributed by atoms with Gasteiger partial charge in [-0.15, -0.1) is 0 Å². The molecule has 8 heavy (non-hydrogen) atoms. The molecule has 0 N–H and O–H groups in total. The van der Waals surface area contributed by atoms with Crippen LogP contribution in [-0.2, 0) is 0 Å². The summed E-state index contributed by atoms with van der Waals surface area (Å²) >= 11 is -1.19. The molecule has 0 nitrogen and oxygen atoms in total. The SMILES string of the molecule is F[I+]c1ccccc1. The Kier molecular flexibility index (Phi) is 2.27. The van der Waals surface area contributed by atoms with Gasteiger partial charge in [0.1, 0.15) is 0 Å². The number of halogens is 2. The lowest BCUT2D eigenvalue weighted by Crippen LogP contribution is -3.56. The first-order valence-corrected chi connectivity index (χ1v) is 4.14. The molecule has 42 valence electrons. The lowest BCUT2D eigenvalue weighted by Gasteiger charge is -1.73. The average Bonchev–Trinajstić information content (AvgIpc) is 1.90. The predicted molar refractivity (Wildman–Crippen MR) is 26.2 cm³/mol. The standard InChI is InChI=1S/C6H5FI/c7-8-6-4-2-1-3-5-6/h1-5H/q+1. The highest BCUT2D eigenvalue weighted by atomic mass is 127. The molecular weight excluding hydrogens is 218 g/mol. The van der Waals surface area contributed by atoms with Crippen LogP contribution in [0.2, 0.25) is 0 Å². The normalized spacial score (nSPS) is 9.12. The third-order valence-corrected chi connectivity index (χ3v) is 2.01. The summed E-state index contributed by atoms with van der Waals surface area (Å²) in [6, 6.07) is 9.23. The maximum Gasteiger partial charge on any atom is 0.575 e. The molecule has 0 spiro atoms. The smallest absolute Gasteiger partial charge is 0.0619 e. The van der Waals surface area contributed by atoms with Crippen LogP contribution < -0.4 is 21.8 Å². The van der Waals surface area contributed by atoms with Gasteiger partial charge in [0.15, 0.2) is 0 Å². The quantitative estimate of drug-likeness (QED) is 0.526. The Morgan fingerprint density at radius 3 is 2.12 bits per heavy atom. The molecule has 0 aliphatic heterocycles. The Bertz CT molecular complexity index is 150. The first kappa shape index (κ1) is 6.01. The molecule has 0 saturated carbocycles. The second kappa shape index (κ2) is 3.02. The van der Waals surface area contributed by atoms with Crippen molar-refractivity contribution < 1.29 is 24.6 Å². The van der Waals surface area contributed by atoms with Crippen LogP contribution in [0.5, 0.6) is 0 Å². The van der Waals surface area contributed by atoms with E-state index in [0.717, 1.165) is 3.57 Å². The summed E-state index contributed by atoms with van der Waals surface area (Å²) in [5, 5.41) is 0. The van der Waals surface area contributed by atoms with Gasteiger partial charge in [-0.25, -0.2) is 0 Å². The molecular formula is C6H5FI+. The molecule has 0 aromatic heterocycles. The lowest BCUT2D eigenvalue weighted by atomic mass is 10.4. The third kappa shape index (κ3) is 1.43. The highest BCUT2D eigenvalue weighted by molar-refractivity contribution is 4.98. The van der Waals surface area contributed by atoms with E-state index in [1.807, 2.05) is 30.3 Å². The first-order valence-electron chi connectivity index (χ1n) is 2.24. The number of hydrogen-bond donors (Lipinski definition) is 0. The molecule has 0 aliphatic rings. The second-order valence-corrected chi connectivity index (χ2v) is 3.02. The largest absolute Gasteiger partial charge is 0.575 e. The number of hydrogen-bond acceptors (Lipinski definition) is 0. The van der Waals surface area contributed by atoms with Crippen molar-refractivity contribution in [3.05, 3.63) is 33.9 Å². The Morgan fingerprint density at radius 1 is 1.12 bits per heavy atom. The van der Waals surface area contributed by atoms with Crippen LogP contribution in [0.3, 0.4) is 0 Å². The highest BCUT2D eigenvalue weighted by Crippen LogP contribution is 1.81. The number of rotatable bonds is 1. The minimum absolute atomic E-state index is 0.853. The van der Waals surface area contributed by atoms with Crippen molar-refractivity contribution in [1.29, 1.82) is 0 Å². The van der Waals surface area contributed by atoms with Crippen molar-refractivity contribution >= 4 is 0 Å². The molecule has 1 aromatic rings. The van der Waals surface area contributed by atoms with Crippen molar-refractivity contribution in [2.45, 2.75) is 0 Å². The van der Waals surface area contributed by atoms with Gasteiger partial charge in [0.2, 0.25) is 3.57 Å². The zero-order valence-corrected chi connectivity index (χ0v) is 6.30. The summed E-state index contributed by atoms with van der Waals surface area (Å²) in [7, 11) is 0. The van der Waals surface area contributed by atoms with E-state index in [-0.39, 0.29) is 0 Å². The summed E-state index contributed by atoms with van der Waals surface area (Å²) in [5.74, 6) is 0. The summed E-state index contributed by atoms with van der Waals surface area (Å²) < 4.78 is 12.7. The molecule has 0 aliphatic carbocycles. The summed E-state index contributed by atoms with van der Waals surface area (Å²) in [4.78, 5) is 0. The maximum atomic E-state index is 11.8. The predicted octanol–water partition coefficient (Wildman–Crippen LogP) is -1.17. The Hall–Kier alpha value is -0.120. The highest BCUT2D eigenvalue weighted by Gasteiger charge is 2.07. The van der Waals surface area contributed by atoms with E-state index in [4.69, 9.17) is 0 Å². The van der Waals surface area contributed by atoms with Gasteiger partial charge in [-0.3, -0.25) is 0 Å². The Morgan fingerprint density at radius 2 is 1.75 bits per heavy atom. The van der Waals surface area contributed by atoms with Gasteiger partial charge >= 0.3 is 21.8 Å². The van der Waals surface area contributed by atoms with Gasteiger partial charge in [0, 0.05) is 0 Å². The van der Waals surface area contributed by atoms with E-state index < -0.39 is 21.8 Å². The van der Waals surface area contributed by atoms with E-state index >= 15 is 0 Å². The lowest BCUT2D eigenvalue weighted by molar-refractivity contribution is -0.803. The van der Waals surface area contributed by atoms with E-state index in [1.54, 1.807) is 0 Å². The monoisotopic (exact) mass is 223 g/mol. The molecule has 2 heteroatoms. The molecule has 1 rings (SSSR count). The van der Waals surface area contributed by atoms with Crippen molar-refractivity contribution in [2.75, 3.05) is 0 Å². The van der Waals surface area contributed by atoms with Crippen LogP contribution in [0.25, 0.3) is 0 Å². The van der Waals surface area contributed by atoms with Crippen LogP contribution in [-0.4, -0.2) is 0 Å². The fourth-order valence-electron chi connectivity index (χ4n) is 0.462. The van der Waals surface area contributed by atoms with E-state index in [2.05, 4.69) is 0 Å². The summed E-state index contributed by atoms with van der Waals surface area (Å²) in [5.41, 5.74) is 0.